The first-order valence-electron chi connectivity index (χ1n) is 6.20. The molecule has 2 nitrogen and oxygen atoms in total. The molecule has 4 N–H and O–H groups in total. The largest absolute Gasteiger partial charge is 0.399 e. The zero-order valence-electron chi connectivity index (χ0n) is 10.3. The van der Waals surface area contributed by atoms with Crippen LogP contribution in [0, 0.1) is 11.6 Å². The van der Waals surface area contributed by atoms with E-state index in [0.717, 1.165) is 36.1 Å². The number of rotatable bonds is 1. The second kappa shape index (κ2) is 4.31. The van der Waals surface area contributed by atoms with Crippen molar-refractivity contribution < 1.29 is 8.78 Å². The van der Waals surface area contributed by atoms with Gasteiger partial charge in [0.1, 0.15) is 11.6 Å². The highest BCUT2D eigenvalue weighted by atomic mass is 19.1. The molecule has 4 heteroatoms. The smallest absolute Gasteiger partial charge is 0.136 e. The van der Waals surface area contributed by atoms with Crippen molar-refractivity contribution >= 4 is 5.69 Å². The lowest BCUT2D eigenvalue weighted by Gasteiger charge is -2.12. The minimum Gasteiger partial charge on any atom is -0.399 e. The summed E-state index contributed by atoms with van der Waals surface area (Å²) in [4.78, 5) is 0. The van der Waals surface area contributed by atoms with E-state index in [4.69, 9.17) is 11.5 Å². The predicted molar refractivity (Wildman–Crippen MR) is 71.5 cm³/mol. The second-order valence-corrected chi connectivity index (χ2v) is 4.88. The standard InChI is InChI=1S/C15H14F2N2/c16-12-6-8(18)7-13(17)15(12)11-3-1-2-10-9(11)4-5-14(10)19/h1-3,6-7,14H,4-5,18-19H2/t14-/m1/s1. The van der Waals surface area contributed by atoms with Gasteiger partial charge in [-0.05, 0) is 41.7 Å². The molecule has 0 unspecified atom stereocenters. The van der Waals surface area contributed by atoms with E-state index in [0.29, 0.717) is 5.56 Å². The van der Waals surface area contributed by atoms with Gasteiger partial charge in [0.2, 0.25) is 0 Å². The highest BCUT2D eigenvalue weighted by Gasteiger charge is 2.24. The van der Waals surface area contributed by atoms with Crippen LogP contribution in [-0.4, -0.2) is 0 Å². The Hall–Kier alpha value is -1.94. The van der Waals surface area contributed by atoms with Gasteiger partial charge in [-0.1, -0.05) is 18.2 Å². The Morgan fingerprint density at radius 2 is 1.79 bits per heavy atom. The summed E-state index contributed by atoms with van der Waals surface area (Å²) in [5.41, 5.74) is 14.0. The Bertz CT molecular complexity index is 630. The molecule has 0 amide bonds. The van der Waals surface area contributed by atoms with Crippen LogP contribution in [0.15, 0.2) is 30.3 Å². The predicted octanol–water partition coefficient (Wildman–Crippen LogP) is 3.16. The van der Waals surface area contributed by atoms with Crippen LogP contribution in [0.1, 0.15) is 23.6 Å². The Morgan fingerprint density at radius 3 is 2.47 bits per heavy atom. The summed E-state index contributed by atoms with van der Waals surface area (Å²) >= 11 is 0. The zero-order chi connectivity index (χ0) is 13.6. The first-order chi connectivity index (χ1) is 9.08. The van der Waals surface area contributed by atoms with Crippen LogP contribution < -0.4 is 11.5 Å². The number of hydrogen-bond donors (Lipinski definition) is 2. The summed E-state index contributed by atoms with van der Waals surface area (Å²) in [6, 6.07) is 7.68. The molecule has 2 aromatic carbocycles. The average Bonchev–Trinajstić information content (AvgIpc) is 2.71. The van der Waals surface area contributed by atoms with E-state index in [2.05, 4.69) is 0 Å². The summed E-state index contributed by atoms with van der Waals surface area (Å²) in [6.45, 7) is 0. The van der Waals surface area contributed by atoms with Crippen LogP contribution in [0.2, 0.25) is 0 Å². The summed E-state index contributed by atoms with van der Waals surface area (Å²) in [5, 5.41) is 0. The molecule has 2 aromatic rings. The zero-order valence-corrected chi connectivity index (χ0v) is 10.3. The van der Waals surface area contributed by atoms with Crippen LogP contribution in [0.25, 0.3) is 11.1 Å². The maximum atomic E-state index is 14.0. The molecule has 0 aliphatic heterocycles. The number of halogens is 2. The molecule has 0 bridgehead atoms. The van der Waals surface area contributed by atoms with E-state index < -0.39 is 11.6 Å². The minimum absolute atomic E-state index is 0.0137. The molecule has 1 aliphatic rings. The van der Waals surface area contributed by atoms with Crippen LogP contribution >= 0.6 is 0 Å². The van der Waals surface area contributed by atoms with E-state index in [1.165, 1.54) is 0 Å². The molecule has 0 saturated heterocycles. The summed E-state index contributed by atoms with van der Waals surface area (Å²) in [6.07, 6.45) is 1.56. The van der Waals surface area contributed by atoms with Gasteiger partial charge in [0.15, 0.2) is 0 Å². The lowest BCUT2D eigenvalue weighted by atomic mass is 9.95. The second-order valence-electron chi connectivity index (χ2n) is 4.88. The lowest BCUT2D eigenvalue weighted by Crippen LogP contribution is -2.05. The molecule has 0 heterocycles. The van der Waals surface area contributed by atoms with Crippen LogP contribution in [0.4, 0.5) is 14.5 Å². The maximum absolute atomic E-state index is 14.0. The fraction of sp³-hybridized carbons (Fsp3) is 0.200. The molecule has 0 aromatic heterocycles. The van der Waals surface area contributed by atoms with Gasteiger partial charge in [0.25, 0.3) is 0 Å². The van der Waals surface area contributed by atoms with Gasteiger partial charge >= 0.3 is 0 Å². The maximum Gasteiger partial charge on any atom is 0.136 e. The Balaban J connectivity index is 2.25. The molecule has 3 rings (SSSR count). The van der Waals surface area contributed by atoms with E-state index in [9.17, 15) is 8.78 Å². The molecule has 0 fully saturated rings. The van der Waals surface area contributed by atoms with Crippen LogP contribution in [0.5, 0.6) is 0 Å². The Kier molecular flexibility index (Phi) is 2.75. The van der Waals surface area contributed by atoms with Crippen LogP contribution in [0.3, 0.4) is 0 Å². The molecule has 19 heavy (non-hydrogen) atoms. The highest BCUT2D eigenvalue weighted by Crippen LogP contribution is 2.38. The average molecular weight is 260 g/mol. The number of nitrogens with two attached hydrogens (primary N) is 2. The van der Waals surface area contributed by atoms with E-state index >= 15 is 0 Å². The van der Waals surface area contributed by atoms with Crippen molar-refractivity contribution in [1.29, 1.82) is 0 Å². The van der Waals surface area contributed by atoms with Crippen LogP contribution in [-0.2, 0) is 6.42 Å². The molecule has 0 saturated carbocycles. The van der Waals surface area contributed by atoms with Gasteiger partial charge in [-0.3, -0.25) is 0 Å². The van der Waals surface area contributed by atoms with E-state index in [1.807, 2.05) is 6.07 Å². The van der Waals surface area contributed by atoms with Crippen molar-refractivity contribution in [3.05, 3.63) is 53.1 Å². The van der Waals surface area contributed by atoms with Crippen molar-refractivity contribution in [2.45, 2.75) is 18.9 Å². The quantitative estimate of drug-likeness (QED) is 0.774. The van der Waals surface area contributed by atoms with Gasteiger partial charge in [-0.2, -0.15) is 0 Å². The van der Waals surface area contributed by atoms with Crippen molar-refractivity contribution in [1.82, 2.24) is 0 Å². The molecular formula is C15H14F2N2. The molecule has 98 valence electrons. The minimum atomic E-state index is -0.633. The number of nitrogen functional groups attached to an aromatic ring is 1. The molecule has 1 atom stereocenters. The third kappa shape index (κ3) is 1.88. The van der Waals surface area contributed by atoms with E-state index in [-0.39, 0.29) is 17.3 Å². The van der Waals surface area contributed by atoms with Crippen molar-refractivity contribution in [2.24, 2.45) is 5.73 Å². The summed E-state index contributed by atoms with van der Waals surface area (Å²) in [7, 11) is 0. The van der Waals surface area contributed by atoms with E-state index in [1.54, 1.807) is 12.1 Å². The van der Waals surface area contributed by atoms with Gasteiger partial charge < -0.3 is 11.5 Å². The highest BCUT2D eigenvalue weighted by molar-refractivity contribution is 5.72. The number of anilines is 1. The monoisotopic (exact) mass is 260 g/mol. The summed E-state index contributed by atoms with van der Waals surface area (Å²) in [5.74, 6) is -1.27. The molecule has 0 radical (unpaired) electrons. The van der Waals surface area contributed by atoms with Gasteiger partial charge in [-0.25, -0.2) is 8.78 Å². The molecular weight excluding hydrogens is 246 g/mol. The van der Waals surface area contributed by atoms with Crippen molar-refractivity contribution in [2.75, 3.05) is 5.73 Å². The van der Waals surface area contributed by atoms with Gasteiger partial charge in [-0.15, -0.1) is 0 Å². The third-order valence-electron chi connectivity index (χ3n) is 3.65. The first-order valence-corrected chi connectivity index (χ1v) is 6.20. The molecule has 1 aliphatic carbocycles. The van der Waals surface area contributed by atoms with Crippen molar-refractivity contribution in [3.8, 4) is 11.1 Å². The molecule has 0 spiro atoms. The third-order valence-corrected chi connectivity index (χ3v) is 3.65. The number of hydrogen-bond acceptors (Lipinski definition) is 2. The fourth-order valence-corrected chi connectivity index (χ4v) is 2.77. The number of benzene rings is 2. The van der Waals surface area contributed by atoms with Crippen molar-refractivity contribution in [3.63, 3.8) is 0 Å². The Morgan fingerprint density at radius 1 is 1.11 bits per heavy atom. The SMILES string of the molecule is Nc1cc(F)c(-c2cccc3c2CC[C@H]3N)c(F)c1. The summed E-state index contributed by atoms with van der Waals surface area (Å²) < 4.78 is 28.0. The van der Waals surface area contributed by atoms with Gasteiger partial charge in [0, 0.05) is 11.7 Å². The van der Waals surface area contributed by atoms with Gasteiger partial charge in [0.05, 0.1) is 5.56 Å². The number of fused-ring (bicyclic) bond motifs is 1. The fourth-order valence-electron chi connectivity index (χ4n) is 2.77. The first kappa shape index (κ1) is 12.1. The Labute approximate surface area is 110 Å². The topological polar surface area (TPSA) is 52.0 Å². The lowest BCUT2D eigenvalue weighted by molar-refractivity contribution is 0.590. The normalized spacial score (nSPS) is 17.5.